The van der Waals surface area contributed by atoms with Gasteiger partial charge in [0.25, 0.3) is 0 Å². The average Bonchev–Trinajstić information content (AvgIpc) is 3.47. The monoisotopic (exact) mass is 425 g/mol. The van der Waals surface area contributed by atoms with Gasteiger partial charge in [-0.15, -0.1) is 0 Å². The Labute approximate surface area is 181 Å². The van der Waals surface area contributed by atoms with Crippen molar-refractivity contribution in [2.45, 2.75) is 56.4 Å². The van der Waals surface area contributed by atoms with E-state index in [9.17, 15) is 19.6 Å². The predicted molar refractivity (Wildman–Crippen MR) is 111 cm³/mol. The van der Waals surface area contributed by atoms with Crippen molar-refractivity contribution in [3.63, 3.8) is 0 Å². The average molecular weight is 425 g/mol. The predicted octanol–water partition coefficient (Wildman–Crippen LogP) is 0.573. The summed E-state index contributed by atoms with van der Waals surface area (Å²) in [5.41, 5.74) is 7.28. The highest BCUT2D eigenvalue weighted by Crippen LogP contribution is 2.38. The van der Waals surface area contributed by atoms with E-state index in [0.29, 0.717) is 32.5 Å². The lowest BCUT2D eigenvalue weighted by molar-refractivity contribution is -0.141. The van der Waals surface area contributed by atoms with E-state index in [1.165, 1.54) is 0 Å². The molecule has 0 aliphatic carbocycles. The molecule has 4 rings (SSSR count). The van der Waals surface area contributed by atoms with Gasteiger partial charge in [0.15, 0.2) is 0 Å². The second kappa shape index (κ2) is 8.29. The van der Waals surface area contributed by atoms with Crippen LogP contribution in [0, 0.1) is 11.3 Å². The van der Waals surface area contributed by atoms with E-state index < -0.39 is 18.1 Å². The Hall–Kier alpha value is -2.96. The number of carboxylic acids is 1. The molecular formula is C22H27N5O4. The molecule has 9 nitrogen and oxygen atoms in total. The number of rotatable bonds is 6. The van der Waals surface area contributed by atoms with Crippen LogP contribution in [0.25, 0.3) is 0 Å². The number of carbonyl (C=O) groups excluding carboxylic acids is 2. The van der Waals surface area contributed by atoms with E-state index in [1.807, 2.05) is 16.7 Å². The van der Waals surface area contributed by atoms with Crippen LogP contribution in [0.1, 0.15) is 48.1 Å². The van der Waals surface area contributed by atoms with Crippen LogP contribution in [-0.2, 0) is 9.59 Å². The van der Waals surface area contributed by atoms with Gasteiger partial charge >= 0.3 is 5.97 Å². The number of hydrogen-bond acceptors (Lipinski definition) is 6. The minimum atomic E-state index is -0.980. The van der Waals surface area contributed by atoms with Crippen LogP contribution in [-0.4, -0.2) is 81.4 Å². The summed E-state index contributed by atoms with van der Waals surface area (Å²) in [5, 5.41) is 18.3. The third-order valence-corrected chi connectivity index (χ3v) is 6.80. The summed E-state index contributed by atoms with van der Waals surface area (Å²) in [7, 11) is 0. The number of fused-ring (bicyclic) bond motifs is 2. The van der Waals surface area contributed by atoms with Gasteiger partial charge in [-0.2, -0.15) is 5.26 Å². The van der Waals surface area contributed by atoms with Crippen LogP contribution in [0.3, 0.4) is 0 Å². The zero-order chi connectivity index (χ0) is 22.3. The van der Waals surface area contributed by atoms with Crippen molar-refractivity contribution in [3.8, 4) is 6.07 Å². The van der Waals surface area contributed by atoms with Crippen molar-refractivity contribution < 1.29 is 19.5 Å². The fourth-order valence-electron chi connectivity index (χ4n) is 5.17. The highest BCUT2D eigenvalue weighted by molar-refractivity contribution is 5.88. The Morgan fingerprint density at radius 2 is 2.03 bits per heavy atom. The standard InChI is InChI=1S/C22H27N5O4/c1-13(14-4-6-15(7-5-14)22(30)31)27-17-9-19(21(27)29)25(11-17)12-18(24)20(28)26-8-2-3-16(26)10-23/h4-7,13,16-19H,2-3,8-9,11-12,24H2,1H3,(H,30,31)/t13-,16+,17?,18+,19+/m1/s1. The minimum absolute atomic E-state index is 0.0155. The normalized spacial score (nSPS) is 27.4. The molecule has 1 unspecified atom stereocenters. The number of likely N-dealkylation sites (tertiary alicyclic amines) is 3. The summed E-state index contributed by atoms with van der Waals surface area (Å²) in [6.07, 6.45) is 2.19. The Morgan fingerprint density at radius 3 is 2.65 bits per heavy atom. The molecule has 0 aromatic heterocycles. The van der Waals surface area contributed by atoms with Gasteiger partial charge in [0, 0.05) is 25.7 Å². The van der Waals surface area contributed by atoms with E-state index in [1.54, 1.807) is 29.2 Å². The van der Waals surface area contributed by atoms with E-state index in [0.717, 1.165) is 12.0 Å². The lowest BCUT2D eigenvalue weighted by Gasteiger charge is -2.38. The van der Waals surface area contributed by atoms with Gasteiger partial charge in [0.1, 0.15) is 6.04 Å². The zero-order valence-corrected chi connectivity index (χ0v) is 17.5. The summed E-state index contributed by atoms with van der Waals surface area (Å²) in [6, 6.07) is 7.19. The largest absolute Gasteiger partial charge is 0.478 e. The number of piperazine rings is 1. The number of nitrogens with zero attached hydrogens (tertiary/aromatic N) is 4. The maximum atomic E-state index is 13.1. The van der Waals surface area contributed by atoms with E-state index in [2.05, 4.69) is 6.07 Å². The van der Waals surface area contributed by atoms with Gasteiger partial charge in [0.2, 0.25) is 11.8 Å². The molecule has 3 heterocycles. The fraction of sp³-hybridized carbons (Fsp3) is 0.545. The summed E-state index contributed by atoms with van der Waals surface area (Å²) in [6.45, 7) is 3.46. The Bertz CT molecular complexity index is 927. The van der Waals surface area contributed by atoms with Crippen molar-refractivity contribution in [3.05, 3.63) is 35.4 Å². The van der Waals surface area contributed by atoms with Crippen LogP contribution in [0.2, 0.25) is 0 Å². The lowest BCUT2D eigenvalue weighted by Crippen LogP contribution is -2.56. The number of nitrogens with two attached hydrogens (primary N) is 1. The molecule has 1 aromatic carbocycles. The number of carboxylic acid groups (broad SMARTS) is 1. The first-order valence-electron chi connectivity index (χ1n) is 10.7. The molecule has 9 heteroatoms. The number of amides is 2. The number of nitriles is 1. The molecule has 0 saturated carbocycles. The van der Waals surface area contributed by atoms with Gasteiger partial charge in [-0.25, -0.2) is 4.79 Å². The highest BCUT2D eigenvalue weighted by Gasteiger charge is 2.51. The highest BCUT2D eigenvalue weighted by atomic mass is 16.4. The second-order valence-electron chi connectivity index (χ2n) is 8.63. The summed E-state index contributed by atoms with van der Waals surface area (Å²) in [5.74, 6) is -1.18. The first kappa shape index (κ1) is 21.3. The van der Waals surface area contributed by atoms with Crippen molar-refractivity contribution in [1.82, 2.24) is 14.7 Å². The number of hydrogen-bond donors (Lipinski definition) is 2. The first-order chi connectivity index (χ1) is 14.8. The first-order valence-corrected chi connectivity index (χ1v) is 10.7. The summed E-state index contributed by atoms with van der Waals surface area (Å²) in [4.78, 5) is 42.3. The van der Waals surface area contributed by atoms with Crippen LogP contribution in [0.15, 0.2) is 24.3 Å². The molecule has 31 heavy (non-hydrogen) atoms. The smallest absolute Gasteiger partial charge is 0.335 e. The van der Waals surface area contributed by atoms with Crippen LogP contribution in [0.4, 0.5) is 0 Å². The third-order valence-electron chi connectivity index (χ3n) is 6.80. The number of aromatic carboxylic acids is 1. The number of benzene rings is 1. The molecule has 164 valence electrons. The van der Waals surface area contributed by atoms with Crippen LogP contribution < -0.4 is 5.73 Å². The topological polar surface area (TPSA) is 131 Å². The van der Waals surface area contributed by atoms with Gasteiger partial charge in [-0.05, 0) is 43.9 Å². The summed E-state index contributed by atoms with van der Waals surface area (Å²) >= 11 is 0. The van der Waals surface area contributed by atoms with Gasteiger partial charge in [-0.3, -0.25) is 14.5 Å². The van der Waals surface area contributed by atoms with Gasteiger partial charge < -0.3 is 20.6 Å². The van der Waals surface area contributed by atoms with Gasteiger partial charge in [0.05, 0.1) is 29.8 Å². The molecule has 3 aliphatic rings. The second-order valence-corrected chi connectivity index (χ2v) is 8.63. The van der Waals surface area contributed by atoms with Crippen LogP contribution >= 0.6 is 0 Å². The molecule has 3 aliphatic heterocycles. The fourth-order valence-corrected chi connectivity index (χ4v) is 5.17. The van der Waals surface area contributed by atoms with Crippen molar-refractivity contribution in [2.75, 3.05) is 19.6 Å². The molecule has 0 radical (unpaired) electrons. The van der Waals surface area contributed by atoms with Crippen LogP contribution in [0.5, 0.6) is 0 Å². The molecule has 0 spiro atoms. The Balaban J connectivity index is 1.39. The molecule has 3 saturated heterocycles. The zero-order valence-electron chi connectivity index (χ0n) is 17.5. The molecule has 2 bridgehead atoms. The lowest BCUT2D eigenvalue weighted by atomic mass is 10.0. The quantitative estimate of drug-likeness (QED) is 0.681. The van der Waals surface area contributed by atoms with E-state index in [-0.39, 0.29) is 35.5 Å². The minimum Gasteiger partial charge on any atom is -0.478 e. The molecule has 5 atom stereocenters. The maximum Gasteiger partial charge on any atom is 0.335 e. The SMILES string of the molecule is C[C@H](c1ccc(C(=O)O)cc1)N1C(=O)[C@@H]2CC1CN2C[C@H](N)C(=O)N1CCC[C@H]1C#N. The Kier molecular flexibility index (Phi) is 5.69. The molecular weight excluding hydrogens is 398 g/mol. The molecule has 3 fully saturated rings. The molecule has 2 amide bonds. The van der Waals surface area contributed by atoms with Gasteiger partial charge in [-0.1, -0.05) is 12.1 Å². The van der Waals surface area contributed by atoms with E-state index >= 15 is 0 Å². The number of carbonyl (C=O) groups is 3. The van der Waals surface area contributed by atoms with Crippen molar-refractivity contribution in [1.29, 1.82) is 5.26 Å². The van der Waals surface area contributed by atoms with Crippen molar-refractivity contribution >= 4 is 17.8 Å². The van der Waals surface area contributed by atoms with Crippen molar-refractivity contribution in [2.24, 2.45) is 5.73 Å². The molecule has 1 aromatic rings. The van der Waals surface area contributed by atoms with E-state index in [4.69, 9.17) is 10.8 Å². The third kappa shape index (κ3) is 3.77. The maximum absolute atomic E-state index is 13.1. The molecule has 3 N–H and O–H groups in total. The summed E-state index contributed by atoms with van der Waals surface area (Å²) < 4.78 is 0. The Morgan fingerprint density at radius 1 is 1.32 bits per heavy atom.